The quantitative estimate of drug-likeness (QED) is 0.0246. The minimum atomic E-state index is -6.80. The Morgan fingerprint density at radius 1 is 0.330 bits per heavy atom. The molecular formula is C18H27K12O52S12-5. The summed E-state index contributed by atoms with van der Waals surface area (Å²) in [5.74, 6) is 0. The Hall–Kier alpha value is 18.7. The van der Waals surface area contributed by atoms with Crippen LogP contribution in [0, 0.1) is 0 Å². The summed E-state index contributed by atoms with van der Waals surface area (Å²) >= 11 is -21.2. The first kappa shape index (κ1) is 150. The van der Waals surface area contributed by atoms with Gasteiger partial charge in [-0.3, -0.25) is 50.2 Å². The molecule has 0 aromatic rings. The molecule has 2 saturated heterocycles. The van der Waals surface area contributed by atoms with Crippen molar-refractivity contribution in [1.82, 2.24) is 0 Å². The molecule has 0 amide bonds. The van der Waals surface area contributed by atoms with Gasteiger partial charge < -0.3 is 101 Å². The van der Waals surface area contributed by atoms with Crippen molar-refractivity contribution in [3.05, 3.63) is 0 Å². The van der Waals surface area contributed by atoms with Crippen molar-refractivity contribution < 1.29 is 848 Å². The summed E-state index contributed by atoms with van der Waals surface area (Å²) in [6, 6.07) is 0. The van der Waals surface area contributed by atoms with Gasteiger partial charge in [-0.2, -0.15) is 0 Å². The van der Waals surface area contributed by atoms with Crippen molar-refractivity contribution in [3.8, 4) is 0 Å². The fraction of sp³-hybridized carbons (Fsp3) is 1.00. The summed E-state index contributed by atoms with van der Waals surface area (Å²) < 4.78 is 431. The van der Waals surface area contributed by atoms with Crippen LogP contribution in [0.1, 0.15) is 0 Å². The van der Waals surface area contributed by atoms with Gasteiger partial charge in [0, 0.05) is 0 Å². The molecule has 2 aliphatic rings. The van der Waals surface area contributed by atoms with Crippen LogP contribution in [0.5, 0.6) is 0 Å². The van der Waals surface area contributed by atoms with Gasteiger partial charge in [0.25, 0.3) is 0 Å². The van der Waals surface area contributed by atoms with Crippen molar-refractivity contribution in [2.45, 2.75) is 85.8 Å². The Morgan fingerprint density at radius 3 is 0.947 bits per heavy atom. The molecule has 76 heteroatoms. The van der Waals surface area contributed by atoms with Gasteiger partial charge in [-0.1, -0.05) is 0 Å². The third-order valence-electron chi connectivity index (χ3n) is 7.96. The fourth-order valence-electron chi connectivity index (χ4n) is 5.80. The second kappa shape index (κ2) is 72.2. The summed E-state index contributed by atoms with van der Waals surface area (Å²) in [5, 5.41) is 0. The smallest absolute Gasteiger partial charge is 0.870 e. The molecule has 5 N–H and O–H groups in total. The molecule has 2 heterocycles. The summed E-state index contributed by atoms with van der Waals surface area (Å²) in [6.45, 7) is -8.66. The van der Waals surface area contributed by atoms with Crippen LogP contribution >= 0.6 is 0 Å². The second-order valence-corrected chi connectivity index (χ2v) is 23.1. The van der Waals surface area contributed by atoms with Gasteiger partial charge in [0.05, 0.1) is 83.2 Å². The molecule has 0 saturated carbocycles. The fourth-order valence-corrected chi connectivity index (χ4v) is 10.8. The Labute approximate surface area is 1060 Å². The summed E-state index contributed by atoms with van der Waals surface area (Å²) in [7, 11) is -44.8. The topological polar surface area (TPSA) is 899 Å². The van der Waals surface area contributed by atoms with Gasteiger partial charge in [0.1, 0.15) is 61.0 Å². The molecule has 94 heavy (non-hydrogen) atoms. The molecule has 2 rings (SSSR count). The van der Waals surface area contributed by atoms with Crippen LogP contribution in [0.3, 0.4) is 0 Å². The van der Waals surface area contributed by atoms with E-state index in [0.29, 0.717) is 0 Å². The standard InChI is InChI=1S/C18H34O47S12.12K.5H2O/c19-66(20)56-7(1-50-18-16(65-77(47,48)49)13(59-69(25)26)9(57-67(21)22)5(54-18)3-52-71(29,30)31)10(58-68(23)24)12(63-75(41,42)43)8(61-73(35,36)37)2-51-17-15(60-70(27)28)14(64-76(44,45)46)11(62-74(38,39)40)6(55-17)4-53-72(32,33)34;;;;;;;;;;;;;;;;;/h5-18H,1-4H2,(H,19,20)(H,21,22)(H,23,24)(H,25,26)(H,27,28)(H,29,30,31)(H,32,33,34)(H,35,36,37)(H,38,39,40)(H,41,42,43)(H,44,45,46)(H,47,48,49);;;;;;;;;;;;;5*1H2/q;12*+1;;;;;/p-17/t5-,6-,7+,8-,9-,10-,11-,12+,13+,14+,15-,16-,17-,18-;;;;;;;;;;;;;;;;;/m1................./s1. The molecule has 0 bridgehead atoms. The summed E-state index contributed by atoms with van der Waals surface area (Å²) in [4.78, 5) is 0. The SMILES string of the molecule is O=S([O-])O[C@@H]1[C@@H](OS(=O)(=O)[O-])[C@H](OC[C@H](OS(=O)[O-])[C@@H](OS(=O)[O-])[C@@H](OS(=O)(=O)[O-])[C@@H](CO[C@@H]2O[C@H](COS(=O)(=O)[O-])[C@@H](OS(=O)(=O)[O-])[C@H](OS(=O)(=O)[O-])[C@H]2OS(=O)[O-])OS(=O)(=O)[O-])O[C@H](COS(=O)(=O)[O-])[C@H]1OS(=O)[O-].[K+].[K+].[K+].[K+].[K+].[K+].[K+].[K+].[K+].[K+].[K+].[K+].[OH-].[OH-].[OH-].[OH-].[OH-]. The number of hydrogen-bond acceptors (Lipinski definition) is 52. The minimum absolute atomic E-state index is 0. The van der Waals surface area contributed by atoms with E-state index in [4.69, 9.17) is 18.9 Å². The van der Waals surface area contributed by atoms with Crippen LogP contribution in [-0.4, -0.2) is 274 Å². The van der Waals surface area contributed by atoms with Crippen LogP contribution in [0.25, 0.3) is 0 Å². The predicted molar refractivity (Wildman–Crippen MR) is 212 cm³/mol. The minimum Gasteiger partial charge on any atom is -0.870 e. The first-order valence-corrected chi connectivity index (χ1v) is 31.7. The third-order valence-corrected chi connectivity index (χ3v) is 13.0. The molecule has 500 valence electrons. The maximum atomic E-state index is 12.1. The molecule has 0 radical (unpaired) electrons. The van der Waals surface area contributed by atoms with Crippen molar-refractivity contribution in [2.75, 3.05) is 26.4 Å². The molecule has 0 aliphatic carbocycles. The first-order valence-electron chi connectivity index (χ1n) is 17.4. The van der Waals surface area contributed by atoms with E-state index in [1.807, 2.05) is 0 Å². The van der Waals surface area contributed by atoms with Crippen molar-refractivity contribution in [3.63, 3.8) is 0 Å². The van der Waals surface area contributed by atoms with Crippen LogP contribution in [-0.2, 0) is 199 Å². The van der Waals surface area contributed by atoms with E-state index in [9.17, 15) is 135 Å². The molecule has 0 aromatic carbocycles. The molecular weight excluding hydrogens is 1900 g/mol. The van der Waals surface area contributed by atoms with Crippen LogP contribution in [0.4, 0.5) is 0 Å². The maximum Gasteiger partial charge on any atom is 1.00 e. The molecule has 5 unspecified atom stereocenters. The number of rotatable bonds is 35. The number of hydrogen-bond donors (Lipinski definition) is 0. The molecule has 0 spiro atoms. The molecule has 19 atom stereocenters. The van der Waals surface area contributed by atoms with Crippen molar-refractivity contribution >= 4 is 130 Å². The second-order valence-electron chi connectivity index (χ2n) is 13.0. The van der Waals surface area contributed by atoms with Crippen LogP contribution in [0.2, 0.25) is 0 Å². The van der Waals surface area contributed by atoms with E-state index in [-0.39, 0.29) is 644 Å². The number of ether oxygens (including phenoxy) is 4. The van der Waals surface area contributed by atoms with Gasteiger partial charge in [-0.05, 0) is 0 Å². The zero-order valence-corrected chi connectivity index (χ0v) is 96.5. The van der Waals surface area contributed by atoms with Crippen LogP contribution < -0.4 is 617 Å². The summed E-state index contributed by atoms with van der Waals surface area (Å²) in [5.41, 5.74) is 0. The van der Waals surface area contributed by atoms with E-state index in [2.05, 4.69) is 50.2 Å². The normalized spacial score (nSPS) is 23.8. The van der Waals surface area contributed by atoms with E-state index in [0.717, 1.165) is 0 Å². The Bertz CT molecular complexity index is 2960. The third kappa shape index (κ3) is 70.3. The predicted octanol–water partition coefficient (Wildman–Crippen LogP) is -49.3. The average molecular weight is 1930 g/mol. The molecule has 52 nitrogen and oxygen atoms in total. The Morgan fingerprint density at radius 2 is 0.628 bits per heavy atom. The van der Waals surface area contributed by atoms with Gasteiger partial charge in [-0.15, -0.1) is 0 Å². The zero-order chi connectivity index (χ0) is 59.6. The zero-order valence-electron chi connectivity index (χ0n) is 49.2. The monoisotopic (exact) mass is 1930 g/mol. The first-order chi connectivity index (χ1) is 34.6. The largest absolute Gasteiger partial charge is 1.00 e. The Balaban J connectivity index is -0.000000256. The Kier molecular flexibility index (Phi) is 116. The van der Waals surface area contributed by atoms with Gasteiger partial charge >= 0.3 is 617 Å². The van der Waals surface area contributed by atoms with Gasteiger partial charge in [0.15, 0.2) is 24.8 Å². The molecule has 2 aliphatic heterocycles. The van der Waals surface area contributed by atoms with E-state index in [1.54, 1.807) is 0 Å². The van der Waals surface area contributed by atoms with E-state index in [1.165, 1.54) is 0 Å². The van der Waals surface area contributed by atoms with Crippen LogP contribution in [0.15, 0.2) is 0 Å². The summed E-state index contributed by atoms with van der Waals surface area (Å²) in [6.07, 6.45) is -46.2. The van der Waals surface area contributed by atoms with Gasteiger partial charge in [-0.25, -0.2) is 80.0 Å². The molecule has 2 fully saturated rings. The van der Waals surface area contributed by atoms with E-state index < -0.39 is 242 Å². The van der Waals surface area contributed by atoms with Gasteiger partial charge in [0.2, 0.25) is 72.8 Å². The average Bonchev–Trinajstić information content (AvgIpc) is 3.18. The van der Waals surface area contributed by atoms with Crippen molar-refractivity contribution in [2.24, 2.45) is 0 Å². The van der Waals surface area contributed by atoms with Crippen molar-refractivity contribution in [1.29, 1.82) is 0 Å². The van der Waals surface area contributed by atoms with E-state index >= 15 is 0 Å². The molecule has 0 aromatic heterocycles. The maximum absolute atomic E-state index is 12.1.